The number of ether oxygens (including phenoxy) is 1. The van der Waals surface area contributed by atoms with E-state index in [9.17, 15) is 9.36 Å². The van der Waals surface area contributed by atoms with Gasteiger partial charge in [0, 0.05) is 0 Å². The quantitative estimate of drug-likeness (QED) is 0.389. The van der Waals surface area contributed by atoms with Gasteiger partial charge in [0.15, 0.2) is 0 Å². The molecule has 0 saturated carbocycles. The minimum atomic E-state index is -4.07. The van der Waals surface area contributed by atoms with Gasteiger partial charge in [-0.15, -0.1) is 13.2 Å². The summed E-state index contributed by atoms with van der Waals surface area (Å²) in [4.78, 5) is 26.4. The van der Waals surface area contributed by atoms with Gasteiger partial charge >= 0.3 is 7.60 Å². The van der Waals surface area contributed by atoms with Crippen molar-refractivity contribution in [1.82, 2.24) is 0 Å². The maximum absolute atomic E-state index is 10.3. The highest BCUT2D eigenvalue weighted by Crippen LogP contribution is 2.40. The van der Waals surface area contributed by atoms with Crippen LogP contribution in [0, 0.1) is 0 Å². The van der Waals surface area contributed by atoms with Crippen LogP contribution < -0.4 is 0 Å². The average Bonchev–Trinajstić information content (AvgIpc) is 2.02. The summed E-state index contributed by atoms with van der Waals surface area (Å²) in [6.07, 6.45) is 0. The molecule has 0 fully saturated rings. The Morgan fingerprint density at radius 1 is 1.58 bits per heavy atom. The van der Waals surface area contributed by atoms with Crippen molar-refractivity contribution in [3.8, 4) is 0 Å². The molecule has 0 aliphatic carbocycles. The lowest BCUT2D eigenvalue weighted by Crippen LogP contribution is -2.11. The summed E-state index contributed by atoms with van der Waals surface area (Å²) in [6.45, 7) is 7.23. The number of hydrogen-bond donors (Lipinski definition) is 2. The van der Waals surface area contributed by atoms with Crippen LogP contribution in [0.3, 0.4) is 0 Å². The first-order valence-electron chi connectivity index (χ1n) is 3.09. The van der Waals surface area contributed by atoms with Crippen molar-refractivity contribution in [3.63, 3.8) is 0 Å². The average molecular weight is 196 g/mol. The highest BCUT2D eigenvalue weighted by atomic mass is 31.2. The van der Waals surface area contributed by atoms with E-state index in [4.69, 9.17) is 9.79 Å². The lowest BCUT2D eigenvalue weighted by atomic mass is 10.5. The minimum absolute atomic E-state index is 0.159. The smallest absolute Gasteiger partial charge is 0.331 e. The van der Waals surface area contributed by atoms with Gasteiger partial charge in [-0.1, -0.05) is 0 Å². The molecule has 0 bridgehead atoms. The maximum Gasteiger partial charge on any atom is 0.331 e. The lowest BCUT2D eigenvalue weighted by molar-refractivity contribution is -0.128. The Morgan fingerprint density at radius 3 is 2.25 bits per heavy atom. The van der Waals surface area contributed by atoms with Crippen molar-refractivity contribution in [3.05, 3.63) is 13.2 Å². The van der Waals surface area contributed by atoms with Crippen molar-refractivity contribution >= 4 is 14.1 Å². The van der Waals surface area contributed by atoms with Crippen LogP contribution in [0.15, 0.2) is 13.2 Å². The fourth-order valence-corrected chi connectivity index (χ4v) is 0.556. The van der Waals surface area contributed by atoms with Gasteiger partial charge in [0.1, 0.15) is 6.61 Å². The minimum Gasteiger partial charge on any atom is -0.467 e. The van der Waals surface area contributed by atoms with E-state index in [1.807, 2.05) is 0 Å². The summed E-state index contributed by atoms with van der Waals surface area (Å²) < 4.78 is 14.5. The summed E-state index contributed by atoms with van der Waals surface area (Å²) >= 11 is 0. The lowest BCUT2D eigenvalue weighted by Gasteiger charge is -2.10. The zero-order chi connectivity index (χ0) is 10.2. The number of carbonyl (C=O) groups is 1. The standard InChI is InChI=1S/C4H9O5P.C2H4/c1-4(2-9-3-5)10(6,7)8;1-2/h3-4H,2H2,1H3,(H2,6,7,8);1-2H2. The van der Waals surface area contributed by atoms with Gasteiger partial charge in [-0.2, -0.15) is 0 Å². The van der Waals surface area contributed by atoms with E-state index in [-0.39, 0.29) is 13.1 Å². The van der Waals surface area contributed by atoms with Crippen molar-refractivity contribution < 1.29 is 23.9 Å². The molecule has 0 aliphatic rings. The summed E-state index contributed by atoms with van der Waals surface area (Å²) in [6, 6.07) is 0. The van der Waals surface area contributed by atoms with E-state index in [0.717, 1.165) is 0 Å². The third-order valence-corrected chi connectivity index (χ3v) is 2.28. The second kappa shape index (κ2) is 7.03. The highest BCUT2D eigenvalue weighted by Gasteiger charge is 2.23. The Morgan fingerprint density at radius 2 is 2.00 bits per heavy atom. The first-order chi connectivity index (χ1) is 5.48. The highest BCUT2D eigenvalue weighted by molar-refractivity contribution is 7.52. The molecule has 0 amide bonds. The van der Waals surface area contributed by atoms with Crippen molar-refractivity contribution in [2.75, 3.05) is 6.61 Å². The predicted octanol–water partition coefficient (Wildman–Crippen LogP) is 0.528. The fourth-order valence-electron chi connectivity index (χ4n) is 0.276. The van der Waals surface area contributed by atoms with Gasteiger partial charge in [0.2, 0.25) is 0 Å². The van der Waals surface area contributed by atoms with E-state index in [0.29, 0.717) is 0 Å². The molecule has 0 aliphatic heterocycles. The molecule has 1 unspecified atom stereocenters. The van der Waals surface area contributed by atoms with Gasteiger partial charge < -0.3 is 14.5 Å². The Kier molecular flexibility index (Phi) is 8.16. The fraction of sp³-hybridized carbons (Fsp3) is 0.500. The largest absolute Gasteiger partial charge is 0.467 e. The van der Waals surface area contributed by atoms with Gasteiger partial charge in [0.25, 0.3) is 6.47 Å². The first-order valence-corrected chi connectivity index (χ1v) is 4.77. The van der Waals surface area contributed by atoms with E-state index in [1.165, 1.54) is 6.92 Å². The zero-order valence-corrected chi connectivity index (χ0v) is 7.74. The van der Waals surface area contributed by atoms with Gasteiger partial charge in [-0.25, -0.2) is 0 Å². The van der Waals surface area contributed by atoms with Gasteiger partial charge in [0.05, 0.1) is 5.66 Å². The Labute approximate surface area is 71.2 Å². The summed E-state index contributed by atoms with van der Waals surface area (Å²) in [7, 11) is -4.07. The molecular weight excluding hydrogens is 183 g/mol. The second-order valence-corrected chi connectivity index (χ2v) is 3.93. The summed E-state index contributed by atoms with van der Waals surface area (Å²) in [5.74, 6) is 0. The van der Waals surface area contributed by atoms with Crippen LogP contribution in [0.4, 0.5) is 0 Å². The predicted molar refractivity (Wildman–Crippen MR) is 44.8 cm³/mol. The first kappa shape index (κ1) is 13.9. The van der Waals surface area contributed by atoms with Crippen molar-refractivity contribution in [2.24, 2.45) is 0 Å². The number of rotatable bonds is 4. The van der Waals surface area contributed by atoms with E-state index in [2.05, 4.69) is 17.9 Å². The van der Waals surface area contributed by atoms with Crippen molar-refractivity contribution in [1.29, 1.82) is 0 Å². The third-order valence-electron chi connectivity index (χ3n) is 0.980. The molecular formula is C6H13O5P. The zero-order valence-electron chi connectivity index (χ0n) is 6.84. The van der Waals surface area contributed by atoms with E-state index < -0.39 is 13.3 Å². The van der Waals surface area contributed by atoms with Crippen LogP contribution in [0.1, 0.15) is 6.92 Å². The Hall–Kier alpha value is -0.640. The van der Waals surface area contributed by atoms with Crippen LogP contribution in [-0.2, 0) is 14.1 Å². The van der Waals surface area contributed by atoms with Gasteiger partial charge in [-0.3, -0.25) is 9.36 Å². The van der Waals surface area contributed by atoms with Crippen LogP contribution >= 0.6 is 7.60 Å². The van der Waals surface area contributed by atoms with E-state index in [1.54, 1.807) is 0 Å². The van der Waals surface area contributed by atoms with Crippen LogP contribution in [0.5, 0.6) is 0 Å². The molecule has 0 heterocycles. The molecule has 1 atom stereocenters. The van der Waals surface area contributed by atoms with Crippen molar-refractivity contribution in [2.45, 2.75) is 12.6 Å². The van der Waals surface area contributed by atoms with Crippen LogP contribution in [0.25, 0.3) is 0 Å². The number of hydrogen-bond acceptors (Lipinski definition) is 3. The molecule has 0 spiro atoms. The summed E-state index contributed by atoms with van der Waals surface area (Å²) in [5.41, 5.74) is -0.919. The third kappa shape index (κ3) is 7.47. The Balaban J connectivity index is 0. The molecule has 2 N–H and O–H groups in total. The molecule has 0 aromatic carbocycles. The molecule has 12 heavy (non-hydrogen) atoms. The SMILES string of the molecule is C=C.CC(COC=O)P(=O)(O)O. The van der Waals surface area contributed by atoms with Crippen LogP contribution in [0.2, 0.25) is 0 Å². The molecule has 5 nitrogen and oxygen atoms in total. The summed E-state index contributed by atoms with van der Waals surface area (Å²) in [5, 5.41) is 0. The molecule has 0 radical (unpaired) electrons. The molecule has 72 valence electrons. The molecule has 6 heteroatoms. The molecule has 0 aromatic heterocycles. The topological polar surface area (TPSA) is 83.8 Å². The molecule has 0 saturated heterocycles. The van der Waals surface area contributed by atoms with Gasteiger partial charge in [-0.05, 0) is 6.92 Å². The Bertz CT molecular complexity index is 163. The van der Waals surface area contributed by atoms with E-state index >= 15 is 0 Å². The second-order valence-electron chi connectivity index (χ2n) is 1.87. The molecule has 0 aromatic rings. The molecule has 0 rings (SSSR count). The number of carbonyl (C=O) groups excluding carboxylic acids is 1. The van der Waals surface area contributed by atoms with Crippen LogP contribution in [-0.4, -0.2) is 28.5 Å². The monoisotopic (exact) mass is 196 g/mol. The maximum atomic E-state index is 10.3. The normalized spacial score (nSPS) is 12.2.